The number of rotatable bonds is 10. The highest BCUT2D eigenvalue weighted by molar-refractivity contribution is 5.92. The van der Waals surface area contributed by atoms with Crippen molar-refractivity contribution >= 4 is 24.0 Å². The second-order valence-corrected chi connectivity index (χ2v) is 9.58. The summed E-state index contributed by atoms with van der Waals surface area (Å²) in [6.45, 7) is 0.962. The van der Waals surface area contributed by atoms with Crippen LogP contribution in [0.1, 0.15) is 22.3 Å². The molecule has 4 aromatic carbocycles. The average molecular weight is 599 g/mol. The molecule has 10 nitrogen and oxygen atoms in total. The molecule has 0 atom stereocenters. The van der Waals surface area contributed by atoms with Crippen molar-refractivity contribution in [2.45, 2.75) is 12.8 Å². The summed E-state index contributed by atoms with van der Waals surface area (Å²) in [7, 11) is 0. The molecule has 0 aliphatic rings. The summed E-state index contributed by atoms with van der Waals surface area (Å²) in [5.74, 6) is -0.908. The molecule has 8 N–H and O–H groups in total. The van der Waals surface area contributed by atoms with Gasteiger partial charge in [-0.15, -0.1) is 0 Å². The van der Waals surface area contributed by atoms with Gasteiger partial charge >= 0.3 is 0 Å². The number of aromatic hydroxyl groups is 6. The molecule has 0 aliphatic carbocycles. The summed E-state index contributed by atoms with van der Waals surface area (Å²) < 4.78 is 0. The molecular weight excluding hydrogens is 564 g/mol. The lowest BCUT2D eigenvalue weighted by Crippen LogP contribution is -2.23. The number of carbonyl (C=O) groups is 2. The Hall–Kier alpha value is -5.90. The topological polar surface area (TPSA) is 180 Å². The van der Waals surface area contributed by atoms with Crippen molar-refractivity contribution in [3.05, 3.63) is 119 Å². The molecule has 4 rings (SSSR count). The molecule has 0 aromatic heterocycles. The van der Waals surface area contributed by atoms with E-state index in [1.165, 1.54) is 36.4 Å². The molecule has 0 heterocycles. The maximum absolute atomic E-state index is 11.7. The lowest BCUT2D eigenvalue weighted by atomic mass is 10.1. The van der Waals surface area contributed by atoms with E-state index >= 15 is 0 Å². The minimum atomic E-state index is -0.244. The van der Waals surface area contributed by atoms with Crippen molar-refractivity contribution in [3.8, 4) is 34.5 Å². The van der Waals surface area contributed by atoms with Crippen molar-refractivity contribution in [3.63, 3.8) is 0 Å². The smallest absolute Gasteiger partial charge is 0.244 e. The van der Waals surface area contributed by atoms with Crippen LogP contribution in [0, 0.1) is 0 Å². The molecule has 4 aromatic rings. The van der Waals surface area contributed by atoms with Gasteiger partial charge in [0.15, 0.2) is 23.0 Å². The lowest BCUT2D eigenvalue weighted by Gasteiger charge is -2.03. The lowest BCUT2D eigenvalue weighted by molar-refractivity contribution is -0.117. The molecular formula is C34H34N2O8. The van der Waals surface area contributed by atoms with Gasteiger partial charge in [-0.1, -0.05) is 36.4 Å². The maximum Gasteiger partial charge on any atom is 0.244 e. The summed E-state index contributed by atoms with van der Waals surface area (Å²) >= 11 is 0. The molecule has 0 bridgehead atoms. The van der Waals surface area contributed by atoms with Gasteiger partial charge in [0.05, 0.1) is 0 Å². The third kappa shape index (κ3) is 11.5. The normalized spacial score (nSPS) is 10.7. The molecule has 0 aliphatic heterocycles. The molecule has 2 amide bonds. The van der Waals surface area contributed by atoms with E-state index in [4.69, 9.17) is 0 Å². The predicted octanol–water partition coefficient (Wildman–Crippen LogP) is 4.35. The van der Waals surface area contributed by atoms with Crippen LogP contribution in [-0.2, 0) is 22.4 Å². The number of phenols is 6. The zero-order chi connectivity index (χ0) is 31.9. The number of amides is 2. The Morgan fingerprint density at radius 2 is 0.864 bits per heavy atom. The van der Waals surface area contributed by atoms with Crippen molar-refractivity contribution in [1.82, 2.24) is 10.6 Å². The Bertz CT molecular complexity index is 1480. The molecule has 0 spiro atoms. The van der Waals surface area contributed by atoms with Gasteiger partial charge in [0, 0.05) is 25.2 Å². The monoisotopic (exact) mass is 598 g/mol. The summed E-state index contributed by atoms with van der Waals surface area (Å²) in [4.78, 5) is 23.3. The minimum absolute atomic E-state index is 0.199. The van der Waals surface area contributed by atoms with Crippen LogP contribution in [0.3, 0.4) is 0 Å². The molecule has 10 heteroatoms. The van der Waals surface area contributed by atoms with Crippen molar-refractivity contribution in [2.24, 2.45) is 0 Å². The second kappa shape index (κ2) is 16.5. The molecule has 0 radical (unpaired) electrons. The summed E-state index contributed by atoms with van der Waals surface area (Å²) in [6, 6.07) is 22.3. The highest BCUT2D eigenvalue weighted by atomic mass is 16.3. The van der Waals surface area contributed by atoms with Gasteiger partial charge in [-0.2, -0.15) is 0 Å². The van der Waals surface area contributed by atoms with E-state index < -0.39 is 0 Å². The average Bonchev–Trinajstić information content (AvgIpc) is 3.01. The Morgan fingerprint density at radius 3 is 1.20 bits per heavy atom. The van der Waals surface area contributed by atoms with Crippen LogP contribution < -0.4 is 10.6 Å². The van der Waals surface area contributed by atoms with Crippen molar-refractivity contribution in [2.75, 3.05) is 13.1 Å². The number of hydrogen-bond donors (Lipinski definition) is 8. The van der Waals surface area contributed by atoms with Crippen LogP contribution in [0.4, 0.5) is 0 Å². The highest BCUT2D eigenvalue weighted by Crippen LogP contribution is 2.26. The third-order valence-corrected chi connectivity index (χ3v) is 6.15. The van der Waals surface area contributed by atoms with Gasteiger partial charge in [0.25, 0.3) is 0 Å². The van der Waals surface area contributed by atoms with E-state index in [1.54, 1.807) is 72.8 Å². The van der Waals surface area contributed by atoms with E-state index in [0.717, 1.165) is 11.1 Å². The predicted molar refractivity (Wildman–Crippen MR) is 167 cm³/mol. The van der Waals surface area contributed by atoms with Gasteiger partial charge in [-0.3, -0.25) is 9.59 Å². The van der Waals surface area contributed by atoms with Crippen LogP contribution in [0.25, 0.3) is 12.2 Å². The molecule has 228 valence electrons. The van der Waals surface area contributed by atoms with Crippen LogP contribution in [0.15, 0.2) is 97.1 Å². The number of hydrogen-bond acceptors (Lipinski definition) is 8. The van der Waals surface area contributed by atoms with Crippen LogP contribution in [0.2, 0.25) is 0 Å². The molecule has 44 heavy (non-hydrogen) atoms. The van der Waals surface area contributed by atoms with E-state index in [2.05, 4.69) is 10.6 Å². The Balaban J connectivity index is 0.000000240. The van der Waals surface area contributed by atoms with Crippen LogP contribution >= 0.6 is 0 Å². The van der Waals surface area contributed by atoms with Crippen LogP contribution in [0.5, 0.6) is 34.5 Å². The number of benzene rings is 4. The Morgan fingerprint density at radius 1 is 0.500 bits per heavy atom. The Kier molecular flexibility index (Phi) is 12.2. The van der Waals surface area contributed by atoms with E-state index in [-0.39, 0.29) is 46.3 Å². The van der Waals surface area contributed by atoms with E-state index in [1.807, 2.05) is 0 Å². The highest BCUT2D eigenvalue weighted by Gasteiger charge is 2.02. The first-order chi connectivity index (χ1) is 21.1. The van der Waals surface area contributed by atoms with Gasteiger partial charge in [0.2, 0.25) is 11.8 Å². The first kappa shape index (κ1) is 32.6. The van der Waals surface area contributed by atoms with Crippen molar-refractivity contribution < 1.29 is 40.2 Å². The van der Waals surface area contributed by atoms with Crippen molar-refractivity contribution in [1.29, 1.82) is 0 Å². The number of carbonyl (C=O) groups excluding carboxylic acids is 2. The van der Waals surface area contributed by atoms with Gasteiger partial charge in [0.1, 0.15) is 11.5 Å². The molecule has 0 saturated heterocycles. The van der Waals surface area contributed by atoms with E-state index in [9.17, 15) is 40.2 Å². The second-order valence-electron chi connectivity index (χ2n) is 9.58. The number of phenolic OH excluding ortho intramolecular Hbond substituents is 6. The fourth-order valence-corrected chi connectivity index (χ4v) is 3.74. The standard InChI is InChI=1S/2C17H17NO4/c2*19-14-5-1-12(2-6-14)9-10-18-17(22)8-4-13-3-7-15(20)16(21)11-13/h2*1-8,11,19-21H,9-10H2,(H,18,22). The molecule has 0 saturated carbocycles. The van der Waals surface area contributed by atoms with Crippen LogP contribution in [-0.4, -0.2) is 55.5 Å². The largest absolute Gasteiger partial charge is 0.508 e. The van der Waals surface area contributed by atoms with Gasteiger partial charge in [-0.25, -0.2) is 0 Å². The molecule has 0 fully saturated rings. The summed E-state index contributed by atoms with van der Waals surface area (Å²) in [6.07, 6.45) is 7.16. The number of nitrogens with one attached hydrogen (secondary N) is 2. The fourth-order valence-electron chi connectivity index (χ4n) is 3.74. The Labute approximate surface area is 254 Å². The first-order valence-corrected chi connectivity index (χ1v) is 13.6. The summed E-state index contributed by atoms with van der Waals surface area (Å²) in [5.41, 5.74) is 3.27. The fraction of sp³-hybridized carbons (Fsp3) is 0.118. The van der Waals surface area contributed by atoms with E-state index in [0.29, 0.717) is 37.1 Å². The zero-order valence-corrected chi connectivity index (χ0v) is 23.7. The SMILES string of the molecule is O=C(C=Cc1ccc(O)c(O)c1)NCCc1ccc(O)cc1.O=C(C=Cc1ccc(O)c(O)c1)NCCc1ccc(O)cc1. The molecule has 0 unspecified atom stereocenters. The third-order valence-electron chi connectivity index (χ3n) is 6.15. The quantitative estimate of drug-likeness (QED) is 0.0980. The summed E-state index contributed by atoms with van der Waals surface area (Å²) in [5, 5.41) is 60.9. The van der Waals surface area contributed by atoms with Gasteiger partial charge in [-0.05, 0) is 95.8 Å². The maximum atomic E-state index is 11.7. The zero-order valence-electron chi connectivity index (χ0n) is 23.7. The minimum Gasteiger partial charge on any atom is -0.508 e. The van der Waals surface area contributed by atoms with Gasteiger partial charge < -0.3 is 41.3 Å². The first-order valence-electron chi connectivity index (χ1n) is 13.6.